The molecule has 2 aromatic rings. The molecule has 0 atom stereocenters. The third kappa shape index (κ3) is 2.15. The fraction of sp³-hybridized carbons (Fsp3) is 0.0769. The van der Waals surface area contributed by atoms with Crippen LogP contribution in [0.3, 0.4) is 0 Å². The van der Waals surface area contributed by atoms with Crippen LogP contribution in [0.15, 0.2) is 36.7 Å². The van der Waals surface area contributed by atoms with Crippen molar-refractivity contribution in [1.29, 1.82) is 0 Å². The summed E-state index contributed by atoms with van der Waals surface area (Å²) in [6.07, 6.45) is 2.40. The maximum absolute atomic E-state index is 13.4. The van der Waals surface area contributed by atoms with Gasteiger partial charge < -0.3 is 5.73 Å². The summed E-state index contributed by atoms with van der Waals surface area (Å²) in [7, 11) is 0. The summed E-state index contributed by atoms with van der Waals surface area (Å²) in [6.45, 7) is 1.84. The van der Waals surface area contributed by atoms with Crippen molar-refractivity contribution in [2.45, 2.75) is 6.92 Å². The number of anilines is 1. The first kappa shape index (κ1) is 11.3. The number of hydrogen-bond acceptors (Lipinski definition) is 3. The Morgan fingerprint density at radius 2 is 2.12 bits per heavy atom. The third-order valence-corrected chi connectivity index (χ3v) is 2.56. The minimum Gasteiger partial charge on any atom is -0.398 e. The first-order valence-corrected chi connectivity index (χ1v) is 5.10. The Morgan fingerprint density at radius 1 is 1.35 bits per heavy atom. The summed E-state index contributed by atoms with van der Waals surface area (Å²) in [5, 5.41) is 0. The maximum atomic E-state index is 13.4. The Balaban J connectivity index is 2.44. The topological polar surface area (TPSA) is 56.0 Å². The molecule has 17 heavy (non-hydrogen) atoms. The van der Waals surface area contributed by atoms with Gasteiger partial charge in [0, 0.05) is 17.4 Å². The molecule has 0 saturated carbocycles. The van der Waals surface area contributed by atoms with Crippen molar-refractivity contribution in [3.63, 3.8) is 0 Å². The van der Waals surface area contributed by atoms with Crippen LogP contribution in [0.25, 0.3) is 0 Å². The third-order valence-electron chi connectivity index (χ3n) is 2.56. The second-order valence-electron chi connectivity index (χ2n) is 3.76. The number of nitrogen functional groups attached to an aromatic ring is 1. The molecule has 1 heterocycles. The van der Waals surface area contributed by atoms with Gasteiger partial charge in [-0.1, -0.05) is 12.1 Å². The molecule has 0 aliphatic heterocycles. The lowest BCUT2D eigenvalue weighted by Crippen LogP contribution is -2.05. The number of aryl methyl sites for hydroxylation is 1. The zero-order chi connectivity index (χ0) is 12.4. The highest BCUT2D eigenvalue weighted by Crippen LogP contribution is 2.17. The standard InChI is InChI=1S/C13H11FN2O/c1-8-2-3-9(6-12(8)15)13(17)10-4-5-16-7-11(10)14/h2-7H,15H2,1H3. The van der Waals surface area contributed by atoms with Crippen LogP contribution in [0.4, 0.5) is 10.1 Å². The molecule has 2 N–H and O–H groups in total. The molecule has 0 unspecified atom stereocenters. The molecule has 1 aromatic heterocycles. The minimum atomic E-state index is -0.628. The Hall–Kier alpha value is -2.23. The number of nitrogens with two attached hydrogens (primary N) is 1. The summed E-state index contributed by atoms with van der Waals surface area (Å²) in [5.74, 6) is -1.02. The highest BCUT2D eigenvalue weighted by molar-refractivity contribution is 6.09. The lowest BCUT2D eigenvalue weighted by atomic mass is 10.0. The highest BCUT2D eigenvalue weighted by Gasteiger charge is 2.14. The number of benzene rings is 1. The number of hydrogen-bond donors (Lipinski definition) is 1. The number of halogens is 1. The quantitative estimate of drug-likeness (QED) is 0.636. The molecule has 1 aromatic carbocycles. The molecule has 4 heteroatoms. The smallest absolute Gasteiger partial charge is 0.196 e. The summed E-state index contributed by atoms with van der Waals surface area (Å²) < 4.78 is 13.4. The van der Waals surface area contributed by atoms with Gasteiger partial charge in [-0.2, -0.15) is 0 Å². The number of carbonyl (C=O) groups excluding carboxylic acids is 1. The van der Waals surface area contributed by atoms with Gasteiger partial charge in [0.05, 0.1) is 11.8 Å². The molecule has 2 rings (SSSR count). The molecule has 0 bridgehead atoms. The van der Waals surface area contributed by atoms with Crippen LogP contribution >= 0.6 is 0 Å². The highest BCUT2D eigenvalue weighted by atomic mass is 19.1. The number of aromatic nitrogens is 1. The average Bonchev–Trinajstić information content (AvgIpc) is 2.32. The summed E-state index contributed by atoms with van der Waals surface area (Å²) in [5.41, 5.74) is 7.50. The molecule has 86 valence electrons. The lowest BCUT2D eigenvalue weighted by Gasteiger charge is -2.05. The molecule has 0 aliphatic rings. The van der Waals surface area contributed by atoms with E-state index < -0.39 is 11.6 Å². The fourth-order valence-electron chi connectivity index (χ4n) is 1.50. The SMILES string of the molecule is Cc1ccc(C(=O)c2ccncc2F)cc1N. The van der Waals surface area contributed by atoms with E-state index in [1.54, 1.807) is 18.2 Å². The Labute approximate surface area is 98.1 Å². The van der Waals surface area contributed by atoms with Gasteiger partial charge in [-0.15, -0.1) is 0 Å². The van der Waals surface area contributed by atoms with Gasteiger partial charge >= 0.3 is 0 Å². The molecule has 0 aliphatic carbocycles. The van der Waals surface area contributed by atoms with Gasteiger partial charge in [0.15, 0.2) is 11.6 Å². The lowest BCUT2D eigenvalue weighted by molar-refractivity contribution is 0.103. The number of carbonyl (C=O) groups is 1. The first-order valence-electron chi connectivity index (χ1n) is 5.10. The van der Waals surface area contributed by atoms with Crippen molar-refractivity contribution in [3.8, 4) is 0 Å². The average molecular weight is 230 g/mol. The van der Waals surface area contributed by atoms with Gasteiger partial charge in [-0.05, 0) is 24.6 Å². The predicted octanol–water partition coefficient (Wildman–Crippen LogP) is 2.34. The summed E-state index contributed by atoms with van der Waals surface area (Å²) >= 11 is 0. The Morgan fingerprint density at radius 3 is 2.76 bits per heavy atom. The van der Waals surface area contributed by atoms with Crippen LogP contribution < -0.4 is 5.73 Å². The number of nitrogens with zero attached hydrogens (tertiary/aromatic N) is 1. The van der Waals surface area contributed by atoms with E-state index >= 15 is 0 Å². The monoisotopic (exact) mass is 230 g/mol. The number of ketones is 1. The maximum Gasteiger partial charge on any atom is 0.196 e. The Kier molecular flexibility index (Phi) is 2.87. The van der Waals surface area contributed by atoms with Crippen molar-refractivity contribution in [2.24, 2.45) is 0 Å². The molecule has 3 nitrogen and oxygen atoms in total. The van der Waals surface area contributed by atoms with E-state index in [2.05, 4.69) is 4.98 Å². The number of rotatable bonds is 2. The van der Waals surface area contributed by atoms with Gasteiger partial charge in [0.1, 0.15) is 0 Å². The number of pyridine rings is 1. The van der Waals surface area contributed by atoms with E-state index in [-0.39, 0.29) is 5.56 Å². The summed E-state index contributed by atoms with van der Waals surface area (Å²) in [6, 6.07) is 6.28. The van der Waals surface area contributed by atoms with Crippen LogP contribution in [0.1, 0.15) is 21.5 Å². The Bertz CT molecular complexity index is 581. The van der Waals surface area contributed by atoms with Crippen LogP contribution in [-0.4, -0.2) is 10.8 Å². The van der Waals surface area contributed by atoms with E-state index in [0.717, 1.165) is 11.8 Å². The van der Waals surface area contributed by atoms with Crippen LogP contribution in [0.2, 0.25) is 0 Å². The van der Waals surface area contributed by atoms with E-state index in [1.807, 2.05) is 6.92 Å². The second-order valence-corrected chi connectivity index (χ2v) is 3.76. The zero-order valence-corrected chi connectivity index (χ0v) is 9.27. The van der Waals surface area contributed by atoms with Gasteiger partial charge in [-0.25, -0.2) is 4.39 Å². The molecular formula is C13H11FN2O. The van der Waals surface area contributed by atoms with Crippen molar-refractivity contribution in [1.82, 2.24) is 4.98 Å². The van der Waals surface area contributed by atoms with Crippen molar-refractivity contribution >= 4 is 11.5 Å². The second kappa shape index (κ2) is 4.33. The minimum absolute atomic E-state index is 0.00301. The van der Waals surface area contributed by atoms with Crippen LogP contribution in [-0.2, 0) is 0 Å². The van der Waals surface area contributed by atoms with Crippen LogP contribution in [0, 0.1) is 12.7 Å². The van der Waals surface area contributed by atoms with Crippen molar-refractivity contribution < 1.29 is 9.18 Å². The molecule has 0 saturated heterocycles. The van der Waals surface area contributed by atoms with E-state index in [4.69, 9.17) is 5.73 Å². The molecular weight excluding hydrogens is 219 g/mol. The largest absolute Gasteiger partial charge is 0.398 e. The summed E-state index contributed by atoms with van der Waals surface area (Å²) in [4.78, 5) is 15.6. The molecule has 0 amide bonds. The van der Waals surface area contributed by atoms with Gasteiger partial charge in [0.25, 0.3) is 0 Å². The normalized spacial score (nSPS) is 10.2. The molecule has 0 spiro atoms. The van der Waals surface area contributed by atoms with Gasteiger partial charge in [-0.3, -0.25) is 9.78 Å². The van der Waals surface area contributed by atoms with Crippen LogP contribution in [0.5, 0.6) is 0 Å². The first-order chi connectivity index (χ1) is 8.09. The molecule has 0 radical (unpaired) electrons. The van der Waals surface area contributed by atoms with Crippen molar-refractivity contribution in [2.75, 3.05) is 5.73 Å². The van der Waals surface area contributed by atoms with E-state index in [1.165, 1.54) is 12.3 Å². The van der Waals surface area contributed by atoms with E-state index in [9.17, 15) is 9.18 Å². The van der Waals surface area contributed by atoms with Crippen molar-refractivity contribution in [3.05, 3.63) is 59.2 Å². The van der Waals surface area contributed by atoms with E-state index in [0.29, 0.717) is 11.3 Å². The predicted molar refractivity (Wildman–Crippen MR) is 63.2 cm³/mol. The van der Waals surface area contributed by atoms with Gasteiger partial charge in [0.2, 0.25) is 0 Å². The molecule has 0 fully saturated rings. The fourth-order valence-corrected chi connectivity index (χ4v) is 1.50. The zero-order valence-electron chi connectivity index (χ0n) is 9.27.